The smallest absolute Gasteiger partial charge is 0.0964 e. The third-order valence-electron chi connectivity index (χ3n) is 21.6. The monoisotopic (exact) mass is 1630 g/mol. The molecule has 3 aromatic heterocycles. The van der Waals surface area contributed by atoms with Gasteiger partial charge in [-0.2, -0.15) is 0 Å². The molecule has 25 rings (SSSR count). The van der Waals surface area contributed by atoms with Crippen molar-refractivity contribution in [2.75, 3.05) is 0 Å². The van der Waals surface area contributed by atoms with Gasteiger partial charge in [0.15, 0.2) is 0 Å². The van der Waals surface area contributed by atoms with Gasteiger partial charge in [-0.3, -0.25) is 15.0 Å². The van der Waals surface area contributed by atoms with Crippen molar-refractivity contribution >= 4 is 194 Å². The average Bonchev–Trinajstić information content (AvgIpc) is 0.777. The molecule has 622 valence electrons. The molecular formula is C123H115N3. The van der Waals surface area contributed by atoms with E-state index in [0.29, 0.717) is 0 Å². The predicted octanol–water partition coefficient (Wildman–Crippen LogP) is 37.4. The topological polar surface area (TPSA) is 38.7 Å². The zero-order valence-electron chi connectivity index (χ0n) is 75.5. The minimum absolute atomic E-state index is 0.977. The second kappa shape index (κ2) is 45.9. The molecule has 0 amide bonds. The van der Waals surface area contributed by atoms with Crippen molar-refractivity contribution in [3.05, 3.63) is 443 Å². The molecule has 3 nitrogen and oxygen atoms in total. The van der Waals surface area contributed by atoms with Crippen LogP contribution in [0.2, 0.25) is 0 Å². The van der Waals surface area contributed by atoms with Crippen LogP contribution < -0.4 is 0 Å². The Morgan fingerprint density at radius 1 is 0.111 bits per heavy atom. The van der Waals surface area contributed by atoms with E-state index in [1.54, 1.807) is 12.4 Å². The summed E-state index contributed by atoms with van der Waals surface area (Å²) < 4.78 is 0. The molecule has 22 aromatic carbocycles. The molecule has 0 aliphatic rings. The number of aromatic nitrogens is 3. The van der Waals surface area contributed by atoms with Gasteiger partial charge in [0.25, 0.3) is 0 Å². The fourth-order valence-corrected chi connectivity index (χ4v) is 16.0. The molecule has 0 N–H and O–H groups in total. The summed E-state index contributed by atoms with van der Waals surface area (Å²) in [6.07, 6.45) is 5.45. The lowest BCUT2D eigenvalue weighted by Gasteiger charge is -2.09. The summed E-state index contributed by atoms with van der Waals surface area (Å²) in [5, 5.41) is 42.9. The first kappa shape index (κ1) is 90.5. The van der Waals surface area contributed by atoms with E-state index in [2.05, 4.69) is 421 Å². The molecule has 126 heavy (non-hydrogen) atoms. The van der Waals surface area contributed by atoms with Crippen molar-refractivity contribution in [2.24, 2.45) is 0 Å². The van der Waals surface area contributed by atoms with Gasteiger partial charge in [-0.25, -0.2) is 0 Å². The maximum atomic E-state index is 4.41. The average molecular weight is 1640 g/mol. The van der Waals surface area contributed by atoms with Crippen molar-refractivity contribution < 1.29 is 0 Å². The Bertz CT molecular complexity index is 6780. The van der Waals surface area contributed by atoms with Crippen LogP contribution in [0.5, 0.6) is 0 Å². The van der Waals surface area contributed by atoms with Crippen molar-refractivity contribution in [3.63, 3.8) is 0 Å². The number of rotatable bonds is 0. The van der Waals surface area contributed by atoms with Gasteiger partial charge in [-0.1, -0.05) is 431 Å². The quantitative estimate of drug-likeness (QED) is 0.112. The van der Waals surface area contributed by atoms with Gasteiger partial charge in [0, 0.05) is 40.1 Å². The molecule has 0 spiro atoms. The lowest BCUT2D eigenvalue weighted by Crippen LogP contribution is -1.83. The third kappa shape index (κ3) is 21.1. The van der Waals surface area contributed by atoms with E-state index in [0.717, 1.165) is 27.3 Å². The van der Waals surface area contributed by atoms with Crippen molar-refractivity contribution in [2.45, 2.75) is 96.9 Å². The fourth-order valence-electron chi connectivity index (χ4n) is 16.0. The van der Waals surface area contributed by atoms with Crippen LogP contribution in [-0.4, -0.2) is 15.0 Å². The zero-order chi connectivity index (χ0) is 88.5. The van der Waals surface area contributed by atoms with Gasteiger partial charge in [0.2, 0.25) is 0 Å². The van der Waals surface area contributed by atoms with E-state index in [1.807, 2.05) is 121 Å². The molecule has 3 heterocycles. The molecule has 0 saturated carbocycles. The highest BCUT2D eigenvalue weighted by Crippen LogP contribution is 2.36. The molecule has 0 atom stereocenters. The molecule has 0 aliphatic carbocycles. The fraction of sp³-hybridized carbons (Fsp3) is 0.114. The van der Waals surface area contributed by atoms with Gasteiger partial charge in [0.1, 0.15) is 0 Å². The highest BCUT2D eigenvalue weighted by molar-refractivity contribution is 6.23. The first-order valence-electron chi connectivity index (χ1n) is 45.2. The molecule has 3 heteroatoms. The van der Waals surface area contributed by atoms with Crippen LogP contribution >= 0.6 is 0 Å². The summed E-state index contributed by atoms with van der Waals surface area (Å²) in [5.41, 5.74) is 3.04. The lowest BCUT2D eigenvalue weighted by molar-refractivity contribution is 1.37. The summed E-state index contributed by atoms with van der Waals surface area (Å²) in [4.78, 5) is 13.1. The minimum Gasteiger partial charge on any atom is -0.256 e. The Labute approximate surface area is 744 Å². The van der Waals surface area contributed by atoms with Crippen LogP contribution in [0.4, 0.5) is 0 Å². The zero-order valence-corrected chi connectivity index (χ0v) is 75.5. The maximum Gasteiger partial charge on any atom is 0.0964 e. The van der Waals surface area contributed by atoms with Crippen molar-refractivity contribution in [1.82, 2.24) is 15.0 Å². The van der Waals surface area contributed by atoms with Crippen LogP contribution in [0.3, 0.4) is 0 Å². The summed E-state index contributed by atoms with van der Waals surface area (Å²) in [6.45, 7) is 28.0. The number of fused-ring (bicyclic) bond motifs is 18. The van der Waals surface area contributed by atoms with Crippen LogP contribution in [0, 0.1) is 0 Å². The predicted molar refractivity (Wildman–Crippen MR) is 564 cm³/mol. The van der Waals surface area contributed by atoms with Gasteiger partial charge in [-0.05, 0) is 247 Å². The number of hydrogen-bond acceptors (Lipinski definition) is 3. The van der Waals surface area contributed by atoms with E-state index >= 15 is 0 Å². The van der Waals surface area contributed by atoms with E-state index in [9.17, 15) is 0 Å². The molecule has 0 fully saturated rings. The molecule has 0 unspecified atom stereocenters. The Hall–Kier alpha value is -14.8. The van der Waals surface area contributed by atoms with E-state index in [1.165, 1.54) is 167 Å². The molecule has 0 aliphatic heterocycles. The maximum absolute atomic E-state index is 4.41. The van der Waals surface area contributed by atoms with Gasteiger partial charge >= 0.3 is 0 Å². The first-order valence-corrected chi connectivity index (χ1v) is 45.2. The summed E-state index contributed by atoms with van der Waals surface area (Å²) in [5.74, 6) is 0. The number of pyridine rings is 3. The first-order chi connectivity index (χ1) is 62.5. The summed E-state index contributed by atoms with van der Waals surface area (Å²) >= 11 is 0. The molecular weight excluding hydrogens is 1520 g/mol. The summed E-state index contributed by atoms with van der Waals surface area (Å²) in [7, 11) is 0. The Balaban J connectivity index is 0.000000131. The molecule has 0 radical (unpaired) electrons. The second-order valence-corrected chi connectivity index (χ2v) is 28.6. The largest absolute Gasteiger partial charge is 0.256 e. The van der Waals surface area contributed by atoms with E-state index in [-0.39, 0.29) is 0 Å². The van der Waals surface area contributed by atoms with E-state index < -0.39 is 0 Å². The number of hydrogen-bond donors (Lipinski definition) is 0. The van der Waals surface area contributed by atoms with Gasteiger partial charge in [0.05, 0.1) is 16.6 Å². The Morgan fingerprint density at radius 3 is 0.508 bits per heavy atom. The van der Waals surface area contributed by atoms with Crippen LogP contribution in [0.1, 0.15) is 96.9 Å². The van der Waals surface area contributed by atoms with Crippen molar-refractivity contribution in [1.29, 1.82) is 0 Å². The number of benzene rings is 22. The van der Waals surface area contributed by atoms with Crippen molar-refractivity contribution in [3.8, 4) is 0 Å². The second-order valence-electron chi connectivity index (χ2n) is 28.6. The molecule has 0 saturated heterocycles. The third-order valence-corrected chi connectivity index (χ3v) is 21.6. The molecule has 25 aromatic rings. The molecule has 0 bridgehead atoms. The lowest BCUT2D eigenvalue weighted by atomic mass is 9.95. The number of nitrogens with zero attached hydrogens (tertiary/aromatic N) is 3. The normalized spacial score (nSPS) is 10.3. The highest BCUT2D eigenvalue weighted by atomic mass is 14.7. The SMILES string of the molecule is CC.CC.CC.CC.CC.CC.CC.c1cc2ccc3cccc4ccc(c1)c2c34.c1ccc2c(c1)ccc1ccccc12.c1ccc2c(c1)ccc1cccnc12.c1ccc2cc3cc4cc5ccccc5cc4cc3cc2c1.c1ccc2cc3cc4ccccc4cc3cc2c1.c1ccc2cc3ccccc3cc2c1.c1cnc2c(c1)ccc1cccnc12. The highest BCUT2D eigenvalue weighted by Gasteiger charge is 2.09. The van der Waals surface area contributed by atoms with Crippen LogP contribution in [0.15, 0.2) is 443 Å². The standard InChI is InChI=1S/C22H14.C18H12.C16H10.2C14H10.C13H9N.C12H8N2.7C2H6/c1-2-6-16-10-20-14-22-12-18-8-4-3-7-17(18)11-21(22)13-19(20)9-15(16)5-1;1-2-6-14-10-18-12-16-8-4-3-7-15(16)11-17(18)9-13(14)5-1;1-3-11-7-9-13-5-2-6-14-10-8-12(4-1)15(11)16(13)14;1-3-7-13-11(5-1)9-10-12-6-2-4-8-14(12)13;1-2-6-12-10-14-8-4-3-7-13(14)9-11(12)5-1;1-2-6-12-10(4-1)7-8-11-5-3-9-14-13(11)12;1-3-9-5-6-10-4-2-8-14-12(10)11(9)13-7-1;7*1-2/h1-14H;1-12H;1-10H;2*1-10H;1-9H;1-8H;7*1-2H3. The van der Waals surface area contributed by atoms with Crippen LogP contribution in [0.25, 0.3) is 194 Å². The minimum atomic E-state index is 0.977. The van der Waals surface area contributed by atoms with Gasteiger partial charge < -0.3 is 0 Å². The Morgan fingerprint density at radius 2 is 0.262 bits per heavy atom. The Kier molecular flexibility index (Phi) is 33.0. The van der Waals surface area contributed by atoms with Crippen LogP contribution in [-0.2, 0) is 0 Å². The summed E-state index contributed by atoms with van der Waals surface area (Å²) in [6, 6.07) is 150. The van der Waals surface area contributed by atoms with Gasteiger partial charge in [-0.15, -0.1) is 0 Å². The van der Waals surface area contributed by atoms with E-state index in [4.69, 9.17) is 0 Å².